The number of nitrogens with zero attached hydrogens (tertiary/aromatic N) is 1. The number of aryl methyl sites for hydroxylation is 1. The minimum Gasteiger partial charge on any atom is -0.323 e. The van der Waals surface area contributed by atoms with Gasteiger partial charge in [0.1, 0.15) is 0 Å². The maximum absolute atomic E-state index is 12.4. The molecule has 0 radical (unpaired) electrons. The van der Waals surface area contributed by atoms with Crippen LogP contribution in [0.4, 0.5) is 5.69 Å². The first-order valence-corrected chi connectivity index (χ1v) is 8.72. The Morgan fingerprint density at radius 3 is 2.48 bits per heavy atom. The first kappa shape index (κ1) is 17.0. The normalized spacial score (nSPS) is 10.6. The van der Waals surface area contributed by atoms with Gasteiger partial charge in [0.25, 0.3) is 0 Å². The molecular formula is C21H23N3O. The number of carbonyl (C=O) groups is 1. The number of aromatic amines is 1. The van der Waals surface area contributed by atoms with Crippen molar-refractivity contribution in [3.05, 3.63) is 71.9 Å². The minimum atomic E-state index is -0.0418. The molecule has 2 aromatic carbocycles. The number of H-pyrrole nitrogens is 1. The largest absolute Gasteiger partial charge is 0.323 e. The van der Waals surface area contributed by atoms with Gasteiger partial charge in [-0.25, -0.2) is 0 Å². The number of hydrogen-bond acceptors (Lipinski definition) is 2. The average molecular weight is 333 g/mol. The van der Waals surface area contributed by atoms with Gasteiger partial charge in [-0.1, -0.05) is 67.9 Å². The first-order chi connectivity index (χ1) is 12.3. The zero-order valence-corrected chi connectivity index (χ0v) is 14.5. The van der Waals surface area contributed by atoms with Crippen LogP contribution in [-0.4, -0.2) is 16.1 Å². The van der Waals surface area contributed by atoms with Crippen molar-refractivity contribution in [2.75, 3.05) is 5.32 Å². The summed E-state index contributed by atoms with van der Waals surface area (Å²) in [6, 6.07) is 18.2. The van der Waals surface area contributed by atoms with Crippen LogP contribution in [0.3, 0.4) is 0 Å². The second kappa shape index (κ2) is 8.29. The Labute approximate surface area is 148 Å². The van der Waals surface area contributed by atoms with E-state index in [-0.39, 0.29) is 5.91 Å². The van der Waals surface area contributed by atoms with Gasteiger partial charge >= 0.3 is 0 Å². The molecule has 3 rings (SSSR count). The molecule has 0 spiro atoms. The van der Waals surface area contributed by atoms with E-state index in [9.17, 15) is 4.79 Å². The summed E-state index contributed by atoms with van der Waals surface area (Å²) < 4.78 is 0. The fourth-order valence-electron chi connectivity index (χ4n) is 2.79. The molecule has 0 saturated heterocycles. The zero-order chi connectivity index (χ0) is 17.5. The number of anilines is 1. The fraction of sp³-hybridized carbons (Fsp3) is 0.238. The molecule has 25 heavy (non-hydrogen) atoms. The summed E-state index contributed by atoms with van der Waals surface area (Å²) in [4.78, 5) is 12.4. The van der Waals surface area contributed by atoms with Crippen LogP contribution in [-0.2, 0) is 17.6 Å². The maximum Gasteiger partial charge on any atom is 0.228 e. The topological polar surface area (TPSA) is 57.8 Å². The molecule has 0 aliphatic rings. The Balaban J connectivity index is 1.63. The lowest BCUT2D eigenvalue weighted by Crippen LogP contribution is -2.14. The molecule has 0 aliphatic carbocycles. The highest BCUT2D eigenvalue weighted by Gasteiger charge is 2.11. The van der Waals surface area contributed by atoms with Crippen LogP contribution in [0.25, 0.3) is 11.3 Å². The third-order valence-corrected chi connectivity index (χ3v) is 4.18. The van der Waals surface area contributed by atoms with E-state index in [0.29, 0.717) is 12.1 Å². The molecule has 1 aromatic heterocycles. The second-order valence-electron chi connectivity index (χ2n) is 6.17. The van der Waals surface area contributed by atoms with Crippen molar-refractivity contribution in [3.63, 3.8) is 0 Å². The van der Waals surface area contributed by atoms with E-state index in [1.165, 1.54) is 18.4 Å². The van der Waals surface area contributed by atoms with E-state index < -0.39 is 0 Å². The molecule has 0 bridgehead atoms. The van der Waals surface area contributed by atoms with E-state index in [4.69, 9.17) is 0 Å². The predicted molar refractivity (Wildman–Crippen MR) is 101 cm³/mol. The van der Waals surface area contributed by atoms with Crippen LogP contribution in [0.5, 0.6) is 0 Å². The third-order valence-electron chi connectivity index (χ3n) is 4.18. The summed E-state index contributed by atoms with van der Waals surface area (Å²) in [7, 11) is 0. The maximum atomic E-state index is 12.4. The van der Waals surface area contributed by atoms with E-state index in [1.54, 1.807) is 6.20 Å². The molecule has 4 nitrogen and oxygen atoms in total. The van der Waals surface area contributed by atoms with Crippen LogP contribution < -0.4 is 5.32 Å². The van der Waals surface area contributed by atoms with Gasteiger partial charge in [-0.15, -0.1) is 0 Å². The van der Waals surface area contributed by atoms with Gasteiger partial charge in [-0.2, -0.15) is 5.10 Å². The Morgan fingerprint density at radius 2 is 1.76 bits per heavy atom. The van der Waals surface area contributed by atoms with Crippen LogP contribution in [0.1, 0.15) is 30.9 Å². The molecule has 0 saturated carbocycles. The molecule has 0 fully saturated rings. The SMILES string of the molecule is CCCCc1ccc(CC(=O)Nc2cn[nH]c2-c2ccccc2)cc1. The molecule has 0 atom stereocenters. The first-order valence-electron chi connectivity index (χ1n) is 8.72. The van der Waals surface area contributed by atoms with Gasteiger partial charge in [0.2, 0.25) is 5.91 Å². The number of amides is 1. The van der Waals surface area contributed by atoms with Crippen LogP contribution in [0.2, 0.25) is 0 Å². The number of hydrogen-bond donors (Lipinski definition) is 2. The van der Waals surface area contributed by atoms with Crippen molar-refractivity contribution >= 4 is 11.6 Å². The van der Waals surface area contributed by atoms with E-state index >= 15 is 0 Å². The van der Waals surface area contributed by atoms with Crippen molar-refractivity contribution in [1.29, 1.82) is 0 Å². The smallest absolute Gasteiger partial charge is 0.228 e. The number of carbonyl (C=O) groups excluding carboxylic acids is 1. The molecule has 0 unspecified atom stereocenters. The van der Waals surface area contributed by atoms with Crippen LogP contribution >= 0.6 is 0 Å². The van der Waals surface area contributed by atoms with Crippen molar-refractivity contribution < 1.29 is 4.79 Å². The number of nitrogens with one attached hydrogen (secondary N) is 2. The van der Waals surface area contributed by atoms with Crippen LogP contribution in [0.15, 0.2) is 60.8 Å². The third kappa shape index (κ3) is 4.57. The molecular weight excluding hydrogens is 310 g/mol. The number of aromatic nitrogens is 2. The monoisotopic (exact) mass is 333 g/mol. The van der Waals surface area contributed by atoms with E-state index in [0.717, 1.165) is 23.2 Å². The number of unbranched alkanes of at least 4 members (excludes halogenated alkanes) is 1. The summed E-state index contributed by atoms with van der Waals surface area (Å²) in [6.07, 6.45) is 5.49. The standard InChI is InChI=1S/C21H23N3O/c1-2-3-7-16-10-12-17(13-11-16)14-20(25)23-19-15-22-24-21(19)18-8-5-4-6-9-18/h4-6,8-13,15H,2-3,7,14H2,1H3,(H,22,24)(H,23,25). The molecule has 1 heterocycles. The Morgan fingerprint density at radius 1 is 1.04 bits per heavy atom. The van der Waals surface area contributed by atoms with Gasteiger partial charge in [0.05, 0.1) is 24.0 Å². The van der Waals surface area contributed by atoms with Gasteiger partial charge in [0.15, 0.2) is 0 Å². The summed E-state index contributed by atoms with van der Waals surface area (Å²) in [6.45, 7) is 2.19. The van der Waals surface area contributed by atoms with Crippen molar-refractivity contribution in [2.45, 2.75) is 32.6 Å². The van der Waals surface area contributed by atoms with Gasteiger partial charge in [-0.3, -0.25) is 9.89 Å². The second-order valence-corrected chi connectivity index (χ2v) is 6.17. The lowest BCUT2D eigenvalue weighted by atomic mass is 10.0. The molecule has 1 amide bonds. The van der Waals surface area contributed by atoms with Gasteiger partial charge in [-0.05, 0) is 24.0 Å². The minimum absolute atomic E-state index is 0.0418. The fourth-order valence-corrected chi connectivity index (χ4v) is 2.79. The van der Waals surface area contributed by atoms with E-state index in [2.05, 4.69) is 34.6 Å². The molecule has 0 aliphatic heterocycles. The Kier molecular flexibility index (Phi) is 5.62. The lowest BCUT2D eigenvalue weighted by Gasteiger charge is -2.07. The highest BCUT2D eigenvalue weighted by Crippen LogP contribution is 2.25. The van der Waals surface area contributed by atoms with Crippen molar-refractivity contribution in [2.24, 2.45) is 0 Å². The summed E-state index contributed by atoms with van der Waals surface area (Å²) in [5, 5.41) is 9.97. The molecule has 4 heteroatoms. The number of rotatable bonds is 7. The Bertz CT molecular complexity index is 807. The highest BCUT2D eigenvalue weighted by molar-refractivity contribution is 5.95. The summed E-state index contributed by atoms with van der Waals surface area (Å²) >= 11 is 0. The van der Waals surface area contributed by atoms with Crippen LogP contribution in [0, 0.1) is 0 Å². The molecule has 3 aromatic rings. The summed E-state index contributed by atoms with van der Waals surface area (Å²) in [5.41, 5.74) is 4.87. The zero-order valence-electron chi connectivity index (χ0n) is 14.5. The molecule has 2 N–H and O–H groups in total. The predicted octanol–water partition coefficient (Wildman–Crippen LogP) is 4.60. The quantitative estimate of drug-likeness (QED) is 0.664. The Hall–Kier alpha value is -2.88. The van der Waals surface area contributed by atoms with Crippen molar-refractivity contribution in [1.82, 2.24) is 10.2 Å². The lowest BCUT2D eigenvalue weighted by molar-refractivity contribution is -0.115. The van der Waals surface area contributed by atoms with E-state index in [1.807, 2.05) is 42.5 Å². The number of benzene rings is 2. The van der Waals surface area contributed by atoms with Crippen molar-refractivity contribution in [3.8, 4) is 11.3 Å². The molecule has 128 valence electrons. The summed E-state index contributed by atoms with van der Waals surface area (Å²) in [5.74, 6) is -0.0418. The average Bonchev–Trinajstić information content (AvgIpc) is 3.10. The highest BCUT2D eigenvalue weighted by atomic mass is 16.1. The van der Waals surface area contributed by atoms with Gasteiger partial charge in [0, 0.05) is 5.56 Å². The van der Waals surface area contributed by atoms with Gasteiger partial charge < -0.3 is 5.32 Å².